The number of rotatable bonds is 5. The summed E-state index contributed by atoms with van der Waals surface area (Å²) in [6, 6.07) is 7.90. The smallest absolute Gasteiger partial charge is 0.261 e. The fourth-order valence-electron chi connectivity index (χ4n) is 2.96. The number of nitrogens with one attached hydrogen (secondary N) is 1. The van der Waals surface area contributed by atoms with Gasteiger partial charge in [-0.2, -0.15) is 0 Å². The van der Waals surface area contributed by atoms with E-state index in [9.17, 15) is 4.79 Å². The number of carbonyl (C=O) groups is 1. The Bertz CT molecular complexity index is 600. The van der Waals surface area contributed by atoms with Crippen LogP contribution in [0.4, 0.5) is 0 Å². The van der Waals surface area contributed by atoms with E-state index in [1.54, 1.807) is 0 Å². The molecular weight excluding hydrogens is 296 g/mol. The summed E-state index contributed by atoms with van der Waals surface area (Å²) in [6.45, 7) is 4.68. The van der Waals surface area contributed by atoms with Crippen molar-refractivity contribution in [2.45, 2.75) is 32.2 Å². The molecule has 1 aliphatic rings. The van der Waals surface area contributed by atoms with Crippen LogP contribution < -0.4 is 5.32 Å². The van der Waals surface area contributed by atoms with E-state index in [-0.39, 0.29) is 11.9 Å². The normalized spacial score (nSPS) is 17.3. The average Bonchev–Trinajstić information content (AvgIpc) is 3.20. The van der Waals surface area contributed by atoms with Crippen LogP contribution in [0, 0.1) is 6.92 Å². The Morgan fingerprint density at radius 3 is 2.77 bits per heavy atom. The average molecular weight is 318 g/mol. The van der Waals surface area contributed by atoms with Crippen molar-refractivity contribution in [3.63, 3.8) is 0 Å². The number of aryl methyl sites for hydroxylation is 1. The second-order valence-corrected chi connectivity index (χ2v) is 6.70. The van der Waals surface area contributed by atoms with Crippen LogP contribution in [0.2, 0.25) is 0 Å². The minimum absolute atomic E-state index is 0.000266. The van der Waals surface area contributed by atoms with E-state index in [0.29, 0.717) is 6.54 Å². The topological polar surface area (TPSA) is 45.5 Å². The zero-order valence-electron chi connectivity index (χ0n) is 12.9. The van der Waals surface area contributed by atoms with E-state index in [1.165, 1.54) is 30.6 Å². The van der Waals surface area contributed by atoms with Gasteiger partial charge in [-0.25, -0.2) is 0 Å². The molecule has 0 aromatic carbocycles. The van der Waals surface area contributed by atoms with Crippen molar-refractivity contribution in [3.8, 4) is 0 Å². The molecule has 3 heterocycles. The molecule has 0 radical (unpaired) electrons. The third-order valence-electron chi connectivity index (χ3n) is 4.12. The first-order chi connectivity index (χ1) is 10.7. The number of furan rings is 1. The van der Waals surface area contributed by atoms with Crippen molar-refractivity contribution in [1.82, 2.24) is 10.2 Å². The lowest BCUT2D eigenvalue weighted by Gasteiger charge is -2.33. The number of nitrogens with zero attached hydrogens (tertiary/aromatic N) is 1. The van der Waals surface area contributed by atoms with Gasteiger partial charge < -0.3 is 9.73 Å². The Hall–Kier alpha value is -1.59. The van der Waals surface area contributed by atoms with Crippen LogP contribution in [0.25, 0.3) is 0 Å². The molecule has 5 heteroatoms. The van der Waals surface area contributed by atoms with Gasteiger partial charge in [0, 0.05) is 6.54 Å². The lowest BCUT2D eigenvalue weighted by atomic mass is 10.1. The van der Waals surface area contributed by atoms with E-state index < -0.39 is 0 Å². The van der Waals surface area contributed by atoms with Gasteiger partial charge >= 0.3 is 0 Å². The highest BCUT2D eigenvalue weighted by Gasteiger charge is 2.25. The van der Waals surface area contributed by atoms with Gasteiger partial charge in [-0.1, -0.05) is 12.5 Å². The van der Waals surface area contributed by atoms with Gasteiger partial charge in [-0.05, 0) is 56.4 Å². The molecule has 118 valence electrons. The van der Waals surface area contributed by atoms with E-state index in [4.69, 9.17) is 4.42 Å². The van der Waals surface area contributed by atoms with Crippen LogP contribution in [0.15, 0.2) is 34.1 Å². The maximum absolute atomic E-state index is 12.2. The monoisotopic (exact) mass is 318 g/mol. The third-order valence-corrected chi connectivity index (χ3v) is 4.99. The Kier molecular flexibility index (Phi) is 4.95. The number of likely N-dealkylation sites (tertiary alicyclic amines) is 1. The molecule has 0 aliphatic carbocycles. The summed E-state index contributed by atoms with van der Waals surface area (Å²) in [5.74, 6) is 1.87. The highest BCUT2D eigenvalue weighted by Crippen LogP contribution is 2.25. The molecule has 3 rings (SSSR count). The number of hydrogen-bond donors (Lipinski definition) is 1. The fraction of sp³-hybridized carbons (Fsp3) is 0.471. The molecule has 4 nitrogen and oxygen atoms in total. The maximum atomic E-state index is 12.2. The van der Waals surface area contributed by atoms with Crippen LogP contribution in [0.5, 0.6) is 0 Å². The van der Waals surface area contributed by atoms with Gasteiger partial charge in [-0.15, -0.1) is 11.3 Å². The Morgan fingerprint density at radius 1 is 1.32 bits per heavy atom. The Labute approximate surface area is 135 Å². The van der Waals surface area contributed by atoms with Gasteiger partial charge in [0.2, 0.25) is 0 Å². The van der Waals surface area contributed by atoms with Crippen LogP contribution in [-0.2, 0) is 0 Å². The van der Waals surface area contributed by atoms with Gasteiger partial charge in [0.1, 0.15) is 11.5 Å². The molecule has 1 atom stereocenters. The Balaban J connectivity index is 1.69. The lowest BCUT2D eigenvalue weighted by Crippen LogP contribution is -2.40. The number of hydrogen-bond acceptors (Lipinski definition) is 4. The van der Waals surface area contributed by atoms with Crippen molar-refractivity contribution in [1.29, 1.82) is 0 Å². The molecule has 0 spiro atoms. The standard InChI is InChI=1S/C17H22N2O2S/c1-13-7-8-15(21-13)14(19-9-3-2-4-10-19)12-18-17(20)16-6-5-11-22-16/h5-8,11,14H,2-4,9-10,12H2,1H3,(H,18,20)/t14-/m0/s1. The highest BCUT2D eigenvalue weighted by atomic mass is 32.1. The van der Waals surface area contributed by atoms with Gasteiger partial charge in [-0.3, -0.25) is 9.69 Å². The summed E-state index contributed by atoms with van der Waals surface area (Å²) >= 11 is 1.47. The Morgan fingerprint density at radius 2 is 2.14 bits per heavy atom. The number of thiophene rings is 1. The predicted octanol–water partition coefficient (Wildman–Crippen LogP) is 3.61. The molecule has 1 aliphatic heterocycles. The molecule has 1 amide bonds. The molecule has 0 saturated carbocycles. The van der Waals surface area contributed by atoms with Gasteiger partial charge in [0.05, 0.1) is 10.9 Å². The zero-order valence-corrected chi connectivity index (χ0v) is 13.7. The van der Waals surface area contributed by atoms with Crippen LogP contribution in [-0.4, -0.2) is 30.4 Å². The van der Waals surface area contributed by atoms with Crippen molar-refractivity contribution in [3.05, 3.63) is 46.0 Å². The van der Waals surface area contributed by atoms with E-state index >= 15 is 0 Å². The maximum Gasteiger partial charge on any atom is 0.261 e. The van der Waals surface area contributed by atoms with E-state index in [1.807, 2.05) is 36.6 Å². The van der Waals surface area contributed by atoms with Crippen molar-refractivity contribution >= 4 is 17.2 Å². The van der Waals surface area contributed by atoms with Gasteiger partial charge in [0.15, 0.2) is 0 Å². The summed E-state index contributed by atoms with van der Waals surface area (Å²) < 4.78 is 5.83. The fourth-order valence-corrected chi connectivity index (χ4v) is 3.60. The first-order valence-electron chi connectivity index (χ1n) is 7.86. The number of carbonyl (C=O) groups excluding carboxylic acids is 1. The zero-order chi connectivity index (χ0) is 15.4. The highest BCUT2D eigenvalue weighted by molar-refractivity contribution is 7.12. The molecule has 22 heavy (non-hydrogen) atoms. The molecule has 1 saturated heterocycles. The summed E-state index contributed by atoms with van der Waals surface area (Å²) in [5, 5.41) is 4.98. The number of amides is 1. The van der Waals surface area contributed by atoms with Gasteiger partial charge in [0.25, 0.3) is 5.91 Å². The van der Waals surface area contributed by atoms with Crippen LogP contribution in [0.1, 0.15) is 46.5 Å². The molecule has 2 aromatic heterocycles. The predicted molar refractivity (Wildman–Crippen MR) is 88.3 cm³/mol. The summed E-state index contributed by atoms with van der Waals surface area (Å²) in [5.41, 5.74) is 0. The molecule has 2 aromatic rings. The molecular formula is C17H22N2O2S. The third kappa shape index (κ3) is 3.59. The minimum atomic E-state index is 0.000266. The van der Waals surface area contributed by atoms with Crippen molar-refractivity contribution in [2.24, 2.45) is 0 Å². The van der Waals surface area contributed by atoms with Crippen LogP contribution >= 0.6 is 11.3 Å². The van der Waals surface area contributed by atoms with E-state index in [0.717, 1.165) is 29.5 Å². The molecule has 1 fully saturated rings. The second kappa shape index (κ2) is 7.11. The number of piperidine rings is 1. The minimum Gasteiger partial charge on any atom is -0.465 e. The molecule has 0 unspecified atom stereocenters. The quantitative estimate of drug-likeness (QED) is 0.916. The van der Waals surface area contributed by atoms with Crippen molar-refractivity contribution < 1.29 is 9.21 Å². The second-order valence-electron chi connectivity index (χ2n) is 5.75. The molecule has 1 N–H and O–H groups in total. The first kappa shape index (κ1) is 15.3. The van der Waals surface area contributed by atoms with Crippen molar-refractivity contribution in [2.75, 3.05) is 19.6 Å². The van der Waals surface area contributed by atoms with E-state index in [2.05, 4.69) is 10.2 Å². The lowest BCUT2D eigenvalue weighted by molar-refractivity contribution is 0.0917. The first-order valence-corrected chi connectivity index (χ1v) is 8.74. The largest absolute Gasteiger partial charge is 0.465 e. The summed E-state index contributed by atoms with van der Waals surface area (Å²) in [7, 11) is 0. The molecule has 0 bridgehead atoms. The summed E-state index contributed by atoms with van der Waals surface area (Å²) in [6.07, 6.45) is 3.73. The SMILES string of the molecule is Cc1ccc([C@H](CNC(=O)c2cccs2)N2CCCCC2)o1. The summed E-state index contributed by atoms with van der Waals surface area (Å²) in [4.78, 5) is 15.4. The van der Waals surface area contributed by atoms with Crippen LogP contribution in [0.3, 0.4) is 0 Å².